The predicted molar refractivity (Wildman–Crippen MR) is 103 cm³/mol. The lowest BCUT2D eigenvalue weighted by molar-refractivity contribution is -0.126. The first-order valence-corrected chi connectivity index (χ1v) is 11.2. The van der Waals surface area contributed by atoms with Gasteiger partial charge in [0.25, 0.3) is 0 Å². The van der Waals surface area contributed by atoms with E-state index in [0.29, 0.717) is 43.9 Å². The van der Waals surface area contributed by atoms with E-state index in [1.165, 1.54) is 4.31 Å². The molecule has 0 spiro atoms. The van der Waals surface area contributed by atoms with Crippen LogP contribution in [0.15, 0.2) is 29.2 Å². The van der Waals surface area contributed by atoms with Crippen LogP contribution in [-0.4, -0.2) is 71.6 Å². The van der Waals surface area contributed by atoms with Gasteiger partial charge in [0, 0.05) is 37.7 Å². The fraction of sp³-hybridized carbons (Fsp3) is 0.556. The van der Waals surface area contributed by atoms with Gasteiger partial charge >= 0.3 is 0 Å². The van der Waals surface area contributed by atoms with E-state index in [4.69, 9.17) is 4.74 Å². The molecule has 10 nitrogen and oxygen atoms in total. The maximum atomic E-state index is 12.9. The number of hydrogen-bond donors (Lipinski definition) is 2. The summed E-state index contributed by atoms with van der Waals surface area (Å²) in [6.07, 6.45) is 3.14. The number of amides is 1. The molecule has 1 atom stereocenters. The van der Waals surface area contributed by atoms with Crippen LogP contribution >= 0.6 is 0 Å². The highest BCUT2D eigenvalue weighted by molar-refractivity contribution is 7.89. The number of aromatic amines is 1. The Morgan fingerprint density at radius 2 is 1.97 bits per heavy atom. The van der Waals surface area contributed by atoms with Gasteiger partial charge in [-0.15, -0.1) is 10.2 Å². The van der Waals surface area contributed by atoms with E-state index < -0.39 is 10.0 Å². The number of benzene rings is 1. The summed E-state index contributed by atoms with van der Waals surface area (Å²) in [6.45, 7) is 1.94. The average molecular weight is 420 g/mol. The molecule has 0 bridgehead atoms. The van der Waals surface area contributed by atoms with Crippen molar-refractivity contribution in [1.29, 1.82) is 0 Å². The number of H-pyrrole nitrogens is 1. The SMILES string of the molecule is O=C(NCC1CCCO1)C1CCN(S(=O)(=O)c2ccc(-c3nn[nH]n3)cc2)CC1. The second-order valence-electron chi connectivity index (χ2n) is 7.32. The van der Waals surface area contributed by atoms with Crippen LogP contribution in [0.1, 0.15) is 25.7 Å². The zero-order chi connectivity index (χ0) is 20.3. The zero-order valence-corrected chi connectivity index (χ0v) is 16.8. The van der Waals surface area contributed by atoms with E-state index in [-0.39, 0.29) is 22.8 Å². The Morgan fingerprint density at radius 3 is 2.59 bits per heavy atom. The van der Waals surface area contributed by atoms with E-state index in [9.17, 15) is 13.2 Å². The lowest BCUT2D eigenvalue weighted by atomic mass is 9.97. The minimum atomic E-state index is -3.60. The van der Waals surface area contributed by atoms with Crippen LogP contribution in [0.5, 0.6) is 0 Å². The average Bonchev–Trinajstić information content (AvgIpc) is 3.46. The second-order valence-corrected chi connectivity index (χ2v) is 9.26. The monoisotopic (exact) mass is 420 g/mol. The molecule has 0 radical (unpaired) electrons. The summed E-state index contributed by atoms with van der Waals surface area (Å²) in [5.74, 6) is 0.231. The van der Waals surface area contributed by atoms with E-state index in [2.05, 4.69) is 25.9 Å². The maximum Gasteiger partial charge on any atom is 0.243 e. The zero-order valence-electron chi connectivity index (χ0n) is 16.0. The van der Waals surface area contributed by atoms with Gasteiger partial charge in [0.05, 0.1) is 11.0 Å². The summed E-state index contributed by atoms with van der Waals surface area (Å²) < 4.78 is 32.8. The molecule has 2 aromatic rings. The first kappa shape index (κ1) is 19.9. The van der Waals surface area contributed by atoms with E-state index in [1.807, 2.05) is 0 Å². The first-order chi connectivity index (χ1) is 14.0. The molecule has 2 aliphatic heterocycles. The van der Waals surface area contributed by atoms with Crippen molar-refractivity contribution in [3.63, 3.8) is 0 Å². The molecule has 2 aliphatic rings. The lowest BCUT2D eigenvalue weighted by Gasteiger charge is -2.30. The number of carbonyl (C=O) groups excluding carboxylic acids is 1. The number of aromatic nitrogens is 4. The van der Waals surface area contributed by atoms with Crippen LogP contribution in [0.4, 0.5) is 0 Å². The van der Waals surface area contributed by atoms with Gasteiger partial charge in [0.1, 0.15) is 0 Å². The van der Waals surface area contributed by atoms with Gasteiger partial charge in [-0.2, -0.15) is 9.52 Å². The van der Waals surface area contributed by atoms with Gasteiger partial charge < -0.3 is 10.1 Å². The molecule has 2 N–H and O–H groups in total. The first-order valence-electron chi connectivity index (χ1n) is 9.77. The highest BCUT2D eigenvalue weighted by Gasteiger charge is 2.32. The van der Waals surface area contributed by atoms with Crippen LogP contribution in [0, 0.1) is 5.92 Å². The smallest absolute Gasteiger partial charge is 0.243 e. The molecular formula is C18H24N6O4S. The van der Waals surface area contributed by atoms with Crippen LogP contribution in [-0.2, 0) is 19.6 Å². The topological polar surface area (TPSA) is 130 Å². The van der Waals surface area contributed by atoms with Crippen LogP contribution in [0.3, 0.4) is 0 Å². The molecular weight excluding hydrogens is 396 g/mol. The Labute approximate surface area is 169 Å². The molecule has 1 unspecified atom stereocenters. The molecule has 1 aromatic heterocycles. The minimum Gasteiger partial charge on any atom is -0.376 e. The molecule has 4 rings (SSSR count). The molecule has 2 saturated heterocycles. The highest BCUT2D eigenvalue weighted by Crippen LogP contribution is 2.25. The van der Waals surface area contributed by atoms with Crippen molar-refractivity contribution in [2.75, 3.05) is 26.2 Å². The predicted octanol–water partition coefficient (Wildman–Crippen LogP) is 0.563. The number of tetrazole rings is 1. The number of nitrogens with zero attached hydrogens (tertiary/aromatic N) is 4. The third kappa shape index (κ3) is 4.46. The Hall–Kier alpha value is -2.37. The fourth-order valence-electron chi connectivity index (χ4n) is 3.73. The number of nitrogens with one attached hydrogen (secondary N) is 2. The molecule has 2 fully saturated rings. The molecule has 3 heterocycles. The molecule has 0 saturated carbocycles. The van der Waals surface area contributed by atoms with Crippen molar-refractivity contribution in [2.24, 2.45) is 5.92 Å². The fourth-order valence-corrected chi connectivity index (χ4v) is 5.20. The third-order valence-corrected chi connectivity index (χ3v) is 7.36. The quantitative estimate of drug-likeness (QED) is 0.698. The van der Waals surface area contributed by atoms with Crippen LogP contribution in [0.2, 0.25) is 0 Å². The van der Waals surface area contributed by atoms with Gasteiger partial charge in [-0.25, -0.2) is 8.42 Å². The van der Waals surface area contributed by atoms with Crippen molar-refractivity contribution in [3.05, 3.63) is 24.3 Å². The second kappa shape index (κ2) is 8.56. The van der Waals surface area contributed by atoms with Crippen LogP contribution in [0.25, 0.3) is 11.4 Å². The Bertz CT molecular complexity index is 918. The van der Waals surface area contributed by atoms with Gasteiger partial charge in [0.2, 0.25) is 21.8 Å². The number of carbonyl (C=O) groups is 1. The summed E-state index contributed by atoms with van der Waals surface area (Å²) >= 11 is 0. The molecule has 156 valence electrons. The Morgan fingerprint density at radius 1 is 1.21 bits per heavy atom. The molecule has 0 aliphatic carbocycles. The molecule has 1 aromatic carbocycles. The molecule has 1 amide bonds. The summed E-state index contributed by atoms with van der Waals surface area (Å²) in [5, 5.41) is 16.6. The van der Waals surface area contributed by atoms with E-state index in [1.54, 1.807) is 24.3 Å². The Kier molecular flexibility index (Phi) is 5.88. The molecule has 11 heteroatoms. The van der Waals surface area contributed by atoms with Crippen molar-refractivity contribution in [2.45, 2.75) is 36.7 Å². The number of ether oxygens (including phenoxy) is 1. The van der Waals surface area contributed by atoms with Gasteiger partial charge in [-0.3, -0.25) is 4.79 Å². The lowest BCUT2D eigenvalue weighted by Crippen LogP contribution is -2.44. The Balaban J connectivity index is 1.33. The summed E-state index contributed by atoms with van der Waals surface area (Å²) in [6, 6.07) is 6.40. The number of hydrogen-bond acceptors (Lipinski definition) is 7. The van der Waals surface area contributed by atoms with Gasteiger partial charge in [-0.05, 0) is 55.2 Å². The van der Waals surface area contributed by atoms with Crippen molar-refractivity contribution >= 4 is 15.9 Å². The maximum absolute atomic E-state index is 12.9. The third-order valence-electron chi connectivity index (χ3n) is 5.45. The van der Waals surface area contributed by atoms with Crippen molar-refractivity contribution in [3.8, 4) is 11.4 Å². The van der Waals surface area contributed by atoms with E-state index in [0.717, 1.165) is 19.4 Å². The summed E-state index contributed by atoms with van der Waals surface area (Å²) in [4.78, 5) is 12.6. The highest BCUT2D eigenvalue weighted by atomic mass is 32.2. The van der Waals surface area contributed by atoms with Crippen molar-refractivity contribution in [1.82, 2.24) is 30.2 Å². The number of piperidine rings is 1. The van der Waals surface area contributed by atoms with Crippen molar-refractivity contribution < 1.29 is 17.9 Å². The summed E-state index contributed by atoms with van der Waals surface area (Å²) in [5.41, 5.74) is 0.680. The number of rotatable bonds is 6. The van der Waals surface area contributed by atoms with E-state index >= 15 is 0 Å². The molecule has 29 heavy (non-hydrogen) atoms. The standard InChI is InChI=1S/C18H24N6O4S/c25-18(19-12-15-2-1-11-28-15)14-7-9-24(10-8-14)29(26,27)16-5-3-13(4-6-16)17-20-22-23-21-17/h3-6,14-15H,1-2,7-12H2,(H,19,25)(H,20,21,22,23). The summed E-state index contributed by atoms with van der Waals surface area (Å²) in [7, 11) is -3.60. The minimum absolute atomic E-state index is 0.0120. The van der Waals surface area contributed by atoms with Crippen LogP contribution < -0.4 is 5.32 Å². The largest absolute Gasteiger partial charge is 0.376 e. The van der Waals surface area contributed by atoms with Gasteiger partial charge in [0.15, 0.2) is 0 Å². The van der Waals surface area contributed by atoms with Gasteiger partial charge in [-0.1, -0.05) is 0 Å². The number of sulfonamides is 1. The normalized spacial score (nSPS) is 21.3.